The van der Waals surface area contributed by atoms with E-state index in [9.17, 15) is 4.79 Å². The minimum atomic E-state index is -0.753. The van der Waals surface area contributed by atoms with Gasteiger partial charge in [-0.3, -0.25) is 0 Å². The molecule has 6 heteroatoms. The summed E-state index contributed by atoms with van der Waals surface area (Å²) in [6.45, 7) is 3.61. The van der Waals surface area contributed by atoms with Gasteiger partial charge in [0.15, 0.2) is 6.10 Å². The summed E-state index contributed by atoms with van der Waals surface area (Å²) in [5.74, 6) is -0.0816. The maximum absolute atomic E-state index is 11.5. The average Bonchev–Trinajstić information content (AvgIpc) is 2.28. The topological polar surface area (TPSA) is 61.5 Å². The van der Waals surface area contributed by atoms with Crippen molar-refractivity contribution in [3.05, 3.63) is 28.8 Å². The Kier molecular flexibility index (Phi) is 5.37. The van der Waals surface area contributed by atoms with Crippen LogP contribution in [-0.2, 0) is 9.53 Å². The van der Waals surface area contributed by atoms with Gasteiger partial charge in [-0.2, -0.15) is 0 Å². The molecule has 0 fully saturated rings. The van der Waals surface area contributed by atoms with Crippen LogP contribution in [0.2, 0.25) is 5.02 Å². The third-order valence-corrected chi connectivity index (χ3v) is 2.59. The highest BCUT2D eigenvalue weighted by Crippen LogP contribution is 2.24. The van der Waals surface area contributed by atoms with Gasteiger partial charge in [-0.15, -0.1) is 0 Å². The quantitative estimate of drug-likeness (QED) is 0.665. The van der Waals surface area contributed by atoms with Crippen LogP contribution in [0.15, 0.2) is 18.2 Å². The lowest BCUT2D eigenvalue weighted by Gasteiger charge is -2.16. The van der Waals surface area contributed by atoms with Crippen molar-refractivity contribution in [3.8, 4) is 5.75 Å². The van der Waals surface area contributed by atoms with Crippen molar-refractivity contribution in [3.63, 3.8) is 0 Å². The lowest BCUT2D eigenvalue weighted by atomic mass is 10.2. The number of thiocarbonyl (C=S) groups is 1. The second-order valence-electron chi connectivity index (χ2n) is 3.52. The maximum Gasteiger partial charge on any atom is 0.347 e. The van der Waals surface area contributed by atoms with Gasteiger partial charge in [-0.25, -0.2) is 4.79 Å². The lowest BCUT2D eigenvalue weighted by molar-refractivity contribution is -0.150. The average molecular weight is 288 g/mol. The summed E-state index contributed by atoms with van der Waals surface area (Å²) in [5.41, 5.74) is 6.10. The van der Waals surface area contributed by atoms with Crippen LogP contribution in [0.25, 0.3) is 0 Å². The summed E-state index contributed by atoms with van der Waals surface area (Å²) >= 11 is 10.8. The van der Waals surface area contributed by atoms with Crippen LogP contribution in [0.3, 0.4) is 0 Å². The van der Waals surface area contributed by atoms with Crippen LogP contribution in [0.1, 0.15) is 19.4 Å². The molecule has 0 bridgehead atoms. The standard InChI is InChI=1S/C12H14ClNO3S/c1-3-16-12(15)7(2)17-10-6-8(13)4-5-9(10)11(14)18/h4-7H,3H2,1-2H3,(H2,14,18). The lowest BCUT2D eigenvalue weighted by Crippen LogP contribution is -2.27. The molecule has 98 valence electrons. The van der Waals surface area contributed by atoms with Gasteiger partial charge in [0.1, 0.15) is 10.7 Å². The minimum absolute atomic E-state index is 0.178. The van der Waals surface area contributed by atoms with Crippen molar-refractivity contribution in [2.75, 3.05) is 6.61 Å². The van der Waals surface area contributed by atoms with E-state index in [0.29, 0.717) is 22.9 Å². The number of hydrogen-bond acceptors (Lipinski definition) is 4. The Labute approximate surface area is 116 Å². The highest BCUT2D eigenvalue weighted by atomic mass is 35.5. The van der Waals surface area contributed by atoms with Gasteiger partial charge in [0.05, 0.1) is 12.2 Å². The van der Waals surface area contributed by atoms with Crippen molar-refractivity contribution in [1.29, 1.82) is 0 Å². The van der Waals surface area contributed by atoms with Crippen LogP contribution < -0.4 is 10.5 Å². The number of ether oxygens (including phenoxy) is 2. The number of carbonyl (C=O) groups is 1. The van der Waals surface area contributed by atoms with Gasteiger partial charge in [-0.05, 0) is 32.0 Å². The molecule has 1 unspecified atom stereocenters. The molecule has 0 saturated carbocycles. The first-order valence-electron chi connectivity index (χ1n) is 5.38. The molecular weight excluding hydrogens is 274 g/mol. The molecule has 0 aromatic heterocycles. The summed E-state index contributed by atoms with van der Waals surface area (Å²) in [6.07, 6.45) is -0.753. The molecular formula is C12H14ClNO3S. The summed E-state index contributed by atoms with van der Waals surface area (Å²) in [4.78, 5) is 11.6. The second kappa shape index (κ2) is 6.56. The Morgan fingerprint density at radius 3 is 2.78 bits per heavy atom. The van der Waals surface area contributed by atoms with Gasteiger partial charge >= 0.3 is 5.97 Å². The third-order valence-electron chi connectivity index (χ3n) is 2.13. The van der Waals surface area contributed by atoms with E-state index in [1.165, 1.54) is 0 Å². The summed E-state index contributed by atoms with van der Waals surface area (Å²) in [7, 11) is 0. The summed E-state index contributed by atoms with van der Waals surface area (Å²) in [5, 5.41) is 0.473. The van der Waals surface area contributed by atoms with Crippen LogP contribution in [0.5, 0.6) is 5.75 Å². The number of hydrogen-bond donors (Lipinski definition) is 1. The fourth-order valence-electron chi connectivity index (χ4n) is 1.30. The zero-order chi connectivity index (χ0) is 13.7. The fourth-order valence-corrected chi connectivity index (χ4v) is 1.63. The molecule has 0 aliphatic heterocycles. The molecule has 18 heavy (non-hydrogen) atoms. The van der Waals surface area contributed by atoms with E-state index in [-0.39, 0.29) is 4.99 Å². The Balaban J connectivity index is 2.92. The zero-order valence-electron chi connectivity index (χ0n) is 10.1. The van der Waals surface area contributed by atoms with Gasteiger partial charge in [0, 0.05) is 5.02 Å². The number of esters is 1. The van der Waals surface area contributed by atoms with Crippen molar-refractivity contribution >= 4 is 34.8 Å². The van der Waals surface area contributed by atoms with E-state index in [0.717, 1.165) is 0 Å². The predicted molar refractivity (Wildman–Crippen MR) is 74.1 cm³/mol. The van der Waals surface area contributed by atoms with Gasteiger partial charge in [-0.1, -0.05) is 23.8 Å². The van der Waals surface area contributed by atoms with Crippen LogP contribution in [0, 0.1) is 0 Å². The fraction of sp³-hybridized carbons (Fsp3) is 0.333. The van der Waals surface area contributed by atoms with Crippen molar-refractivity contribution < 1.29 is 14.3 Å². The Morgan fingerprint density at radius 2 is 2.22 bits per heavy atom. The van der Waals surface area contributed by atoms with E-state index >= 15 is 0 Å². The Hall–Kier alpha value is -1.33. The van der Waals surface area contributed by atoms with E-state index in [4.69, 9.17) is 39.0 Å². The predicted octanol–water partition coefficient (Wildman–Crippen LogP) is 2.30. The first kappa shape index (κ1) is 14.7. The first-order valence-corrected chi connectivity index (χ1v) is 6.17. The second-order valence-corrected chi connectivity index (χ2v) is 4.39. The van der Waals surface area contributed by atoms with Crippen LogP contribution in [-0.4, -0.2) is 23.7 Å². The number of nitrogens with two attached hydrogens (primary N) is 1. The number of rotatable bonds is 5. The molecule has 1 aromatic carbocycles. The van der Waals surface area contributed by atoms with E-state index in [2.05, 4.69) is 0 Å². The minimum Gasteiger partial charge on any atom is -0.478 e. The maximum atomic E-state index is 11.5. The monoisotopic (exact) mass is 287 g/mol. The van der Waals surface area contributed by atoms with E-state index in [1.54, 1.807) is 32.0 Å². The number of halogens is 1. The zero-order valence-corrected chi connectivity index (χ0v) is 11.7. The molecule has 1 rings (SSSR count). The molecule has 4 nitrogen and oxygen atoms in total. The number of carbonyl (C=O) groups excluding carboxylic acids is 1. The number of benzene rings is 1. The van der Waals surface area contributed by atoms with E-state index in [1.807, 2.05) is 0 Å². The van der Waals surface area contributed by atoms with Gasteiger partial charge in [0.25, 0.3) is 0 Å². The molecule has 0 spiro atoms. The molecule has 0 saturated heterocycles. The Morgan fingerprint density at radius 1 is 1.56 bits per heavy atom. The van der Waals surface area contributed by atoms with Crippen molar-refractivity contribution in [2.45, 2.75) is 20.0 Å². The highest BCUT2D eigenvalue weighted by Gasteiger charge is 2.18. The molecule has 0 aliphatic carbocycles. The smallest absolute Gasteiger partial charge is 0.347 e. The van der Waals surface area contributed by atoms with Gasteiger partial charge < -0.3 is 15.2 Å². The SMILES string of the molecule is CCOC(=O)C(C)Oc1cc(Cl)ccc1C(N)=S. The van der Waals surface area contributed by atoms with Gasteiger partial charge in [0.2, 0.25) is 0 Å². The van der Waals surface area contributed by atoms with E-state index < -0.39 is 12.1 Å². The Bertz CT molecular complexity index is 465. The van der Waals surface area contributed by atoms with Crippen LogP contribution >= 0.6 is 23.8 Å². The van der Waals surface area contributed by atoms with Crippen molar-refractivity contribution in [1.82, 2.24) is 0 Å². The molecule has 0 radical (unpaired) electrons. The largest absolute Gasteiger partial charge is 0.478 e. The first-order chi connectivity index (χ1) is 8.45. The molecule has 0 heterocycles. The molecule has 0 amide bonds. The highest BCUT2D eigenvalue weighted by molar-refractivity contribution is 7.80. The third kappa shape index (κ3) is 3.85. The summed E-state index contributed by atoms with van der Waals surface area (Å²) in [6, 6.07) is 4.86. The normalized spacial score (nSPS) is 11.7. The van der Waals surface area contributed by atoms with Crippen molar-refractivity contribution in [2.24, 2.45) is 5.73 Å². The molecule has 1 atom stereocenters. The summed E-state index contributed by atoms with van der Waals surface area (Å²) < 4.78 is 10.3. The molecule has 1 aromatic rings. The van der Waals surface area contributed by atoms with Crippen LogP contribution in [0.4, 0.5) is 0 Å². The molecule has 0 aliphatic rings. The molecule has 2 N–H and O–H groups in total.